The molecule has 0 aliphatic carbocycles. The van der Waals surface area contributed by atoms with Crippen LogP contribution in [0.4, 0.5) is 0 Å². The van der Waals surface area contributed by atoms with Gasteiger partial charge in [-0.1, -0.05) is 12.1 Å². The van der Waals surface area contributed by atoms with Crippen molar-refractivity contribution in [2.24, 2.45) is 0 Å². The van der Waals surface area contributed by atoms with Gasteiger partial charge in [-0.15, -0.1) is 0 Å². The second-order valence-electron chi connectivity index (χ2n) is 1.94. The topological polar surface area (TPSA) is 78.8 Å². The van der Waals surface area contributed by atoms with E-state index in [0.29, 0.717) is 0 Å². The van der Waals surface area contributed by atoms with Gasteiger partial charge in [0.25, 0.3) is 0 Å². The van der Waals surface area contributed by atoms with Crippen molar-refractivity contribution < 1.29 is 25.4 Å². The number of phenolic OH excluding ortho intramolecular Hbond substituents is 1. The molecule has 0 heterocycles. The molecule has 0 bridgehead atoms. The van der Waals surface area contributed by atoms with Gasteiger partial charge in [0.15, 0.2) is 5.75 Å². The SMILES string of the molecule is CCO.[O]OOc1ccccc1O. The van der Waals surface area contributed by atoms with Crippen LogP contribution in [0.1, 0.15) is 6.92 Å². The molecule has 0 aromatic heterocycles. The van der Waals surface area contributed by atoms with E-state index in [-0.39, 0.29) is 18.1 Å². The van der Waals surface area contributed by atoms with Crippen LogP contribution in [-0.4, -0.2) is 16.8 Å². The Labute approximate surface area is 75.6 Å². The van der Waals surface area contributed by atoms with Gasteiger partial charge >= 0.3 is 0 Å². The van der Waals surface area contributed by atoms with E-state index in [2.05, 4.69) is 9.93 Å². The highest BCUT2D eigenvalue weighted by atomic mass is 17.5. The Bertz CT molecular complexity index is 226. The van der Waals surface area contributed by atoms with Crippen LogP contribution in [0.2, 0.25) is 0 Å². The molecule has 2 N–H and O–H groups in total. The van der Waals surface area contributed by atoms with Gasteiger partial charge in [-0.25, -0.2) is 0 Å². The van der Waals surface area contributed by atoms with Gasteiger partial charge in [0.2, 0.25) is 5.75 Å². The number of para-hydroxylation sites is 2. The zero-order valence-electron chi connectivity index (χ0n) is 7.14. The van der Waals surface area contributed by atoms with Crippen molar-refractivity contribution >= 4 is 0 Å². The van der Waals surface area contributed by atoms with Crippen LogP contribution in [0.15, 0.2) is 24.3 Å². The van der Waals surface area contributed by atoms with Gasteiger partial charge in [0, 0.05) is 16.9 Å². The number of aliphatic hydroxyl groups is 1. The molecule has 73 valence electrons. The lowest BCUT2D eigenvalue weighted by atomic mass is 10.3. The van der Waals surface area contributed by atoms with E-state index in [1.165, 1.54) is 12.1 Å². The van der Waals surface area contributed by atoms with E-state index >= 15 is 0 Å². The maximum atomic E-state index is 9.42. The minimum Gasteiger partial charge on any atom is -0.504 e. The monoisotopic (exact) mass is 187 g/mol. The second-order valence-corrected chi connectivity index (χ2v) is 1.94. The highest BCUT2D eigenvalue weighted by Gasteiger charge is 1.99. The summed E-state index contributed by atoms with van der Waals surface area (Å²) in [6.07, 6.45) is 0. The molecule has 1 aromatic carbocycles. The zero-order valence-corrected chi connectivity index (χ0v) is 7.14. The van der Waals surface area contributed by atoms with E-state index in [1.807, 2.05) is 0 Å². The van der Waals surface area contributed by atoms with Crippen molar-refractivity contribution in [2.45, 2.75) is 6.92 Å². The predicted molar refractivity (Wildman–Crippen MR) is 43.3 cm³/mol. The quantitative estimate of drug-likeness (QED) is 0.535. The van der Waals surface area contributed by atoms with E-state index in [4.69, 9.17) is 10.2 Å². The first-order chi connectivity index (χ1) is 6.26. The van der Waals surface area contributed by atoms with Crippen LogP contribution in [0.5, 0.6) is 11.5 Å². The van der Waals surface area contributed by atoms with E-state index in [1.54, 1.807) is 19.1 Å². The van der Waals surface area contributed by atoms with Gasteiger partial charge in [0.1, 0.15) is 0 Å². The summed E-state index contributed by atoms with van der Waals surface area (Å²) in [6, 6.07) is 6.00. The molecule has 1 aromatic rings. The normalized spacial score (nSPS) is 8.54. The molecule has 5 heteroatoms. The minimum atomic E-state index is -0.127. The van der Waals surface area contributed by atoms with Crippen LogP contribution >= 0.6 is 0 Å². The number of aromatic hydroxyl groups is 1. The summed E-state index contributed by atoms with van der Waals surface area (Å²) in [4.78, 5) is 4.03. The lowest BCUT2D eigenvalue weighted by Gasteiger charge is -1.97. The molecule has 5 nitrogen and oxygen atoms in total. The van der Waals surface area contributed by atoms with Crippen molar-refractivity contribution in [3.05, 3.63) is 24.3 Å². The fourth-order valence-electron chi connectivity index (χ4n) is 0.564. The molecule has 1 radical (unpaired) electrons. The molecule has 13 heavy (non-hydrogen) atoms. The molecule has 0 amide bonds. The average Bonchev–Trinajstić information content (AvgIpc) is 2.11. The molecule has 0 spiro atoms. The van der Waals surface area contributed by atoms with Crippen molar-refractivity contribution in [3.63, 3.8) is 0 Å². The smallest absolute Gasteiger partial charge is 0.210 e. The zero-order chi connectivity index (χ0) is 10.1. The van der Waals surface area contributed by atoms with Crippen molar-refractivity contribution in [2.75, 3.05) is 6.61 Å². The molecule has 0 fully saturated rings. The Morgan fingerprint density at radius 1 is 1.38 bits per heavy atom. The lowest BCUT2D eigenvalue weighted by Crippen LogP contribution is -1.88. The standard InChI is InChI=1S/C6H5O4.C2H6O/c7-5-3-1-2-4-6(5)9-10-8;1-2-3/h1-4,7H;3H,2H2,1H3. The summed E-state index contributed by atoms with van der Waals surface area (Å²) < 4.78 is 0. The van der Waals surface area contributed by atoms with Crippen LogP contribution in [0.3, 0.4) is 0 Å². The van der Waals surface area contributed by atoms with Gasteiger partial charge < -0.3 is 15.1 Å². The fraction of sp³-hybridized carbons (Fsp3) is 0.250. The van der Waals surface area contributed by atoms with Crippen molar-refractivity contribution in [1.29, 1.82) is 0 Å². The maximum Gasteiger partial charge on any atom is 0.210 e. The highest BCUT2D eigenvalue weighted by Crippen LogP contribution is 2.23. The number of phenols is 1. The molecule has 0 saturated carbocycles. The van der Waals surface area contributed by atoms with Gasteiger partial charge in [-0.05, 0) is 19.1 Å². The van der Waals surface area contributed by atoms with E-state index in [9.17, 15) is 5.26 Å². The number of hydrogen-bond donors (Lipinski definition) is 2. The Balaban J connectivity index is 0.000000424. The first-order valence-electron chi connectivity index (χ1n) is 3.61. The number of hydrogen-bond acceptors (Lipinski definition) is 4. The Morgan fingerprint density at radius 3 is 2.38 bits per heavy atom. The van der Waals surface area contributed by atoms with E-state index < -0.39 is 0 Å². The molecular weight excluding hydrogens is 176 g/mol. The Hall–Kier alpha value is -1.30. The first kappa shape index (κ1) is 11.7. The average molecular weight is 187 g/mol. The third-order valence-electron chi connectivity index (χ3n) is 0.989. The minimum absolute atomic E-state index is 0.0116. The summed E-state index contributed by atoms with van der Waals surface area (Å²) >= 11 is 0. The summed E-state index contributed by atoms with van der Waals surface area (Å²) in [7, 11) is 0. The van der Waals surface area contributed by atoms with Gasteiger partial charge in [-0.3, -0.25) is 0 Å². The summed E-state index contributed by atoms with van der Waals surface area (Å²) in [5.41, 5.74) is 0. The molecule has 0 atom stereocenters. The summed E-state index contributed by atoms with van der Waals surface area (Å²) in [5, 5.41) is 29.0. The van der Waals surface area contributed by atoms with Crippen LogP contribution in [0, 0.1) is 0 Å². The molecule has 0 saturated heterocycles. The van der Waals surface area contributed by atoms with Crippen molar-refractivity contribution in [3.8, 4) is 11.5 Å². The molecule has 0 aliphatic heterocycles. The molecule has 1 rings (SSSR count). The van der Waals surface area contributed by atoms with Crippen LogP contribution in [-0.2, 0) is 10.3 Å². The van der Waals surface area contributed by atoms with Gasteiger partial charge in [0.05, 0.1) is 0 Å². The molecule has 0 unspecified atom stereocenters. The van der Waals surface area contributed by atoms with Crippen molar-refractivity contribution in [1.82, 2.24) is 0 Å². The highest BCUT2D eigenvalue weighted by molar-refractivity contribution is 5.37. The fourth-order valence-corrected chi connectivity index (χ4v) is 0.564. The lowest BCUT2D eigenvalue weighted by molar-refractivity contribution is -0.480. The van der Waals surface area contributed by atoms with E-state index in [0.717, 1.165) is 0 Å². The largest absolute Gasteiger partial charge is 0.504 e. The molecular formula is C8H11O5. The second kappa shape index (κ2) is 7.35. The summed E-state index contributed by atoms with van der Waals surface area (Å²) in [5.74, 6) is -0.115. The predicted octanol–water partition coefficient (Wildman–Crippen LogP) is 1.05. The van der Waals surface area contributed by atoms with Crippen LogP contribution in [0.25, 0.3) is 0 Å². The first-order valence-corrected chi connectivity index (χ1v) is 3.61. The third kappa shape index (κ3) is 5.02. The molecule has 0 aliphatic rings. The Morgan fingerprint density at radius 2 is 1.92 bits per heavy atom. The Kier molecular flexibility index (Phi) is 6.62. The summed E-state index contributed by atoms with van der Waals surface area (Å²) in [6.45, 7) is 1.93. The number of benzene rings is 1. The third-order valence-corrected chi connectivity index (χ3v) is 0.989. The van der Waals surface area contributed by atoms with Crippen LogP contribution < -0.4 is 4.89 Å². The number of rotatable bonds is 2. The number of aliphatic hydroxyl groups excluding tert-OH is 1. The maximum absolute atomic E-state index is 9.42. The van der Waals surface area contributed by atoms with Gasteiger partial charge in [-0.2, -0.15) is 0 Å².